The van der Waals surface area contributed by atoms with Crippen molar-refractivity contribution in [3.63, 3.8) is 0 Å². The molecule has 0 aromatic heterocycles. The van der Waals surface area contributed by atoms with Crippen LogP contribution in [-0.4, -0.2) is 40.9 Å². The average molecular weight is 223 g/mol. The van der Waals surface area contributed by atoms with Gasteiger partial charge in [0, 0.05) is 18.9 Å². The first-order valence-corrected chi connectivity index (χ1v) is 6.00. The molecule has 0 saturated carbocycles. The molecule has 0 aromatic carbocycles. The summed E-state index contributed by atoms with van der Waals surface area (Å²) in [5.41, 5.74) is 0. The largest absolute Gasteiger partial charge is 0.396 e. The third kappa shape index (κ3) is 8.46. The van der Waals surface area contributed by atoms with Crippen LogP contribution in [0.25, 0.3) is 0 Å². The fraction of sp³-hybridized carbons (Fsp3) is 0.875. The van der Waals surface area contributed by atoms with Gasteiger partial charge in [-0.25, -0.2) is 0 Å². The first kappa shape index (κ1) is 13.1. The molecule has 0 radical (unpaired) electrons. The van der Waals surface area contributed by atoms with Crippen LogP contribution in [0.1, 0.15) is 13.3 Å². The maximum Gasteiger partial charge on any atom is 0.232 e. The highest BCUT2D eigenvalue weighted by Gasteiger charge is 2.05. The molecule has 1 atom stereocenters. The summed E-state index contributed by atoms with van der Waals surface area (Å²) >= 11 is 5.73. The molecule has 1 unspecified atom stereocenters. The van der Waals surface area contributed by atoms with Crippen LogP contribution in [0.3, 0.4) is 0 Å². The molecule has 2 N–H and O–H groups in total. The predicted molar refractivity (Wildman–Crippen MR) is 60.5 cm³/mol. The lowest BCUT2D eigenvalue weighted by Gasteiger charge is -2.06. The number of amides is 1. The zero-order valence-corrected chi connectivity index (χ0v) is 9.53. The Labute approximate surface area is 89.1 Å². The van der Waals surface area contributed by atoms with Gasteiger partial charge in [0.1, 0.15) is 0 Å². The summed E-state index contributed by atoms with van der Waals surface area (Å²) in [6, 6.07) is 0. The Hall–Kier alpha value is 0.130. The SMILES string of the molecule is CC(S)C(=O)NCCSCCCO. The summed E-state index contributed by atoms with van der Waals surface area (Å²) in [6.45, 7) is 2.67. The van der Waals surface area contributed by atoms with E-state index >= 15 is 0 Å². The zero-order chi connectivity index (χ0) is 10.1. The van der Waals surface area contributed by atoms with E-state index in [4.69, 9.17) is 5.11 Å². The highest BCUT2D eigenvalue weighted by Crippen LogP contribution is 2.00. The van der Waals surface area contributed by atoms with Crippen LogP contribution in [0.5, 0.6) is 0 Å². The predicted octanol–water partition coefficient (Wildman–Crippen LogP) is 0.536. The Morgan fingerprint density at radius 2 is 2.31 bits per heavy atom. The van der Waals surface area contributed by atoms with Gasteiger partial charge in [-0.15, -0.1) is 0 Å². The summed E-state index contributed by atoms with van der Waals surface area (Å²) in [4.78, 5) is 11.0. The number of aliphatic hydroxyl groups excluding tert-OH is 1. The molecule has 3 nitrogen and oxygen atoms in total. The van der Waals surface area contributed by atoms with Crippen molar-refractivity contribution in [2.45, 2.75) is 18.6 Å². The number of aliphatic hydroxyl groups is 1. The Kier molecular flexibility index (Phi) is 8.80. The van der Waals surface area contributed by atoms with E-state index in [1.165, 1.54) is 0 Å². The van der Waals surface area contributed by atoms with E-state index in [1.807, 2.05) is 0 Å². The van der Waals surface area contributed by atoms with Crippen molar-refractivity contribution in [2.75, 3.05) is 24.7 Å². The second-order valence-electron chi connectivity index (χ2n) is 2.66. The van der Waals surface area contributed by atoms with Crippen molar-refractivity contribution >= 4 is 30.3 Å². The molecule has 0 rings (SSSR count). The van der Waals surface area contributed by atoms with Gasteiger partial charge in [-0.3, -0.25) is 4.79 Å². The number of rotatable bonds is 7. The van der Waals surface area contributed by atoms with Gasteiger partial charge >= 0.3 is 0 Å². The minimum absolute atomic E-state index is 0.0221. The average Bonchev–Trinajstić information content (AvgIpc) is 2.10. The number of hydrogen-bond acceptors (Lipinski definition) is 4. The molecular formula is C8H17NO2S2. The van der Waals surface area contributed by atoms with Crippen molar-refractivity contribution < 1.29 is 9.90 Å². The molecule has 0 aliphatic rings. The summed E-state index contributed by atoms with van der Waals surface area (Å²) in [6.07, 6.45) is 0.821. The maximum atomic E-state index is 11.0. The quantitative estimate of drug-likeness (QED) is 0.436. The normalized spacial score (nSPS) is 12.5. The molecule has 5 heteroatoms. The number of thiol groups is 1. The van der Waals surface area contributed by atoms with Gasteiger partial charge in [0.15, 0.2) is 0 Å². The third-order valence-electron chi connectivity index (χ3n) is 1.37. The van der Waals surface area contributed by atoms with Gasteiger partial charge in [0.05, 0.1) is 5.25 Å². The second kappa shape index (κ2) is 8.72. The third-order valence-corrected chi connectivity index (χ3v) is 2.68. The molecule has 1 amide bonds. The summed E-state index contributed by atoms with van der Waals surface area (Å²) in [5.74, 6) is 1.82. The van der Waals surface area contributed by atoms with E-state index in [1.54, 1.807) is 18.7 Å². The molecule has 0 aliphatic heterocycles. The van der Waals surface area contributed by atoms with Crippen LogP contribution in [0, 0.1) is 0 Å². The Morgan fingerprint density at radius 1 is 1.62 bits per heavy atom. The van der Waals surface area contributed by atoms with Crippen LogP contribution in [-0.2, 0) is 4.79 Å². The number of hydrogen-bond donors (Lipinski definition) is 3. The van der Waals surface area contributed by atoms with E-state index in [2.05, 4.69) is 17.9 Å². The Morgan fingerprint density at radius 3 is 2.85 bits per heavy atom. The molecule has 0 heterocycles. The number of carbonyl (C=O) groups is 1. The number of thioether (sulfide) groups is 1. The minimum atomic E-state index is -0.234. The van der Waals surface area contributed by atoms with Gasteiger partial charge < -0.3 is 10.4 Å². The Bertz CT molecular complexity index is 142. The van der Waals surface area contributed by atoms with Crippen LogP contribution in [0.15, 0.2) is 0 Å². The maximum absolute atomic E-state index is 11.0. The van der Waals surface area contributed by atoms with Gasteiger partial charge in [0.2, 0.25) is 5.91 Å². The molecule has 0 saturated heterocycles. The van der Waals surface area contributed by atoms with Crippen LogP contribution >= 0.6 is 24.4 Å². The molecule has 78 valence electrons. The lowest BCUT2D eigenvalue weighted by molar-refractivity contribution is -0.120. The fourth-order valence-corrected chi connectivity index (χ4v) is 1.54. The molecule has 0 bridgehead atoms. The van der Waals surface area contributed by atoms with E-state index < -0.39 is 0 Å². The van der Waals surface area contributed by atoms with Crippen LogP contribution in [0.4, 0.5) is 0 Å². The van der Waals surface area contributed by atoms with Crippen LogP contribution in [0.2, 0.25) is 0 Å². The molecular weight excluding hydrogens is 206 g/mol. The molecule has 0 fully saturated rings. The van der Waals surface area contributed by atoms with E-state index in [-0.39, 0.29) is 17.8 Å². The standard InChI is InChI=1S/C8H17NO2S2/c1-7(12)8(11)9-3-6-13-5-2-4-10/h7,10,12H,2-6H2,1H3,(H,9,11). The molecule has 0 aromatic rings. The highest BCUT2D eigenvalue weighted by atomic mass is 32.2. The first-order valence-electron chi connectivity index (χ1n) is 4.33. The monoisotopic (exact) mass is 223 g/mol. The van der Waals surface area contributed by atoms with Crippen molar-refractivity contribution in [3.8, 4) is 0 Å². The minimum Gasteiger partial charge on any atom is -0.396 e. The van der Waals surface area contributed by atoms with E-state index in [0.717, 1.165) is 17.9 Å². The number of nitrogens with one attached hydrogen (secondary N) is 1. The Balaban J connectivity index is 3.12. The van der Waals surface area contributed by atoms with Crippen molar-refractivity contribution in [1.29, 1.82) is 0 Å². The lowest BCUT2D eigenvalue weighted by Crippen LogP contribution is -2.31. The van der Waals surface area contributed by atoms with Gasteiger partial charge in [-0.1, -0.05) is 0 Å². The van der Waals surface area contributed by atoms with Gasteiger partial charge in [-0.05, 0) is 19.1 Å². The highest BCUT2D eigenvalue weighted by molar-refractivity contribution is 7.99. The van der Waals surface area contributed by atoms with E-state index in [9.17, 15) is 4.79 Å². The van der Waals surface area contributed by atoms with Crippen molar-refractivity contribution in [3.05, 3.63) is 0 Å². The molecule has 13 heavy (non-hydrogen) atoms. The van der Waals surface area contributed by atoms with Crippen LogP contribution < -0.4 is 5.32 Å². The second-order valence-corrected chi connectivity index (χ2v) is 4.66. The molecule has 0 aliphatic carbocycles. The summed E-state index contributed by atoms with van der Waals surface area (Å²) in [7, 11) is 0. The number of carbonyl (C=O) groups excluding carboxylic acids is 1. The summed E-state index contributed by atoms with van der Waals surface area (Å²) in [5, 5.41) is 11.0. The smallest absolute Gasteiger partial charge is 0.232 e. The van der Waals surface area contributed by atoms with Gasteiger partial charge in [-0.2, -0.15) is 24.4 Å². The molecule has 0 spiro atoms. The lowest BCUT2D eigenvalue weighted by atomic mass is 10.4. The van der Waals surface area contributed by atoms with Crippen molar-refractivity contribution in [2.24, 2.45) is 0 Å². The first-order chi connectivity index (χ1) is 6.18. The fourth-order valence-electron chi connectivity index (χ4n) is 0.663. The van der Waals surface area contributed by atoms with Gasteiger partial charge in [0.25, 0.3) is 0 Å². The summed E-state index contributed by atoms with van der Waals surface area (Å²) < 4.78 is 0. The topological polar surface area (TPSA) is 49.3 Å². The van der Waals surface area contributed by atoms with E-state index in [0.29, 0.717) is 6.54 Å². The van der Waals surface area contributed by atoms with Crippen molar-refractivity contribution in [1.82, 2.24) is 5.32 Å². The zero-order valence-electron chi connectivity index (χ0n) is 7.82.